The van der Waals surface area contributed by atoms with Gasteiger partial charge in [0.2, 0.25) is 5.96 Å². The van der Waals surface area contributed by atoms with E-state index in [9.17, 15) is 4.79 Å². The third-order valence-electron chi connectivity index (χ3n) is 0.838. The van der Waals surface area contributed by atoms with Gasteiger partial charge in [0.15, 0.2) is 0 Å². The van der Waals surface area contributed by atoms with Crippen molar-refractivity contribution in [2.75, 3.05) is 6.54 Å². The quantitative estimate of drug-likeness (QED) is 0.214. The first-order valence-electron chi connectivity index (χ1n) is 2.39. The minimum Gasteiger partial charge on any atom is -0.293 e. The number of hydrogen-bond donors (Lipinski definition) is 4. The molecule has 6 nitrogen and oxygen atoms in total. The van der Waals surface area contributed by atoms with Crippen molar-refractivity contribution in [1.29, 1.82) is 0 Å². The molecular weight excluding hydrogens is 122 g/mol. The van der Waals surface area contributed by atoms with Gasteiger partial charge in [-0.05, 0) is 0 Å². The Kier molecular flexibility index (Phi) is 1.50. The third kappa shape index (κ3) is 1.29. The van der Waals surface area contributed by atoms with Crippen LogP contribution in [0.4, 0.5) is 0 Å². The van der Waals surface area contributed by atoms with Crippen LogP contribution in [0.5, 0.6) is 0 Å². The summed E-state index contributed by atoms with van der Waals surface area (Å²) in [5, 5.41) is 0. The number of carbonyl (C=O) groups excluding carboxylic acids is 1. The van der Waals surface area contributed by atoms with E-state index in [-0.39, 0.29) is 12.5 Å². The molecule has 0 spiro atoms. The van der Waals surface area contributed by atoms with Crippen LogP contribution in [0.15, 0.2) is 4.99 Å². The molecule has 0 saturated heterocycles. The Labute approximate surface area is 51.4 Å². The molecule has 0 bridgehead atoms. The van der Waals surface area contributed by atoms with E-state index in [0.29, 0.717) is 5.96 Å². The first-order chi connectivity index (χ1) is 4.33. The van der Waals surface area contributed by atoms with Crippen LogP contribution in [0, 0.1) is 0 Å². The summed E-state index contributed by atoms with van der Waals surface area (Å²) < 4.78 is 0. The fourth-order valence-corrected chi connectivity index (χ4v) is 0.441. The maximum absolute atomic E-state index is 10.4. The molecule has 0 aromatic heterocycles. The molecule has 1 rings (SSSR count). The first kappa shape index (κ1) is 5.83. The van der Waals surface area contributed by atoms with E-state index >= 15 is 0 Å². The summed E-state index contributed by atoms with van der Waals surface area (Å²) >= 11 is 0. The second kappa shape index (κ2) is 2.31. The minimum atomic E-state index is -0.172. The lowest BCUT2D eigenvalue weighted by Gasteiger charge is -2.13. The number of hydrogen-bond acceptors (Lipinski definition) is 5. The molecule has 0 fully saturated rings. The number of hydrazine groups is 2. The molecule has 1 aliphatic rings. The van der Waals surface area contributed by atoms with Crippen molar-refractivity contribution in [2.24, 2.45) is 10.8 Å². The Balaban J connectivity index is 2.50. The second-order valence-corrected chi connectivity index (χ2v) is 1.48. The van der Waals surface area contributed by atoms with Crippen molar-refractivity contribution in [2.45, 2.75) is 0 Å². The van der Waals surface area contributed by atoms with Gasteiger partial charge in [0.25, 0.3) is 5.91 Å². The molecular formula is C3H7N5O. The summed E-state index contributed by atoms with van der Waals surface area (Å²) in [4.78, 5) is 14.1. The van der Waals surface area contributed by atoms with Gasteiger partial charge in [0.1, 0.15) is 6.54 Å². The van der Waals surface area contributed by atoms with Crippen LogP contribution in [0.25, 0.3) is 0 Å². The maximum Gasteiger partial charge on any atom is 0.260 e. The molecule has 1 amide bonds. The van der Waals surface area contributed by atoms with Gasteiger partial charge in [-0.3, -0.25) is 21.1 Å². The van der Waals surface area contributed by atoms with Gasteiger partial charge >= 0.3 is 0 Å². The third-order valence-corrected chi connectivity index (χ3v) is 0.838. The lowest BCUT2D eigenvalue weighted by atomic mass is 10.6. The van der Waals surface area contributed by atoms with Crippen LogP contribution >= 0.6 is 0 Å². The van der Waals surface area contributed by atoms with E-state index in [2.05, 4.69) is 21.3 Å². The highest BCUT2D eigenvalue weighted by molar-refractivity contribution is 5.89. The molecule has 50 valence electrons. The van der Waals surface area contributed by atoms with Crippen LogP contribution in [0.1, 0.15) is 0 Å². The number of nitrogens with two attached hydrogens (primary N) is 1. The molecule has 0 saturated carbocycles. The average molecular weight is 129 g/mol. The van der Waals surface area contributed by atoms with Gasteiger partial charge in [-0.25, -0.2) is 10.8 Å². The van der Waals surface area contributed by atoms with Crippen molar-refractivity contribution >= 4 is 11.9 Å². The normalized spacial score (nSPS) is 17.4. The Hall–Kier alpha value is -1.30. The van der Waals surface area contributed by atoms with Crippen molar-refractivity contribution in [3.63, 3.8) is 0 Å². The van der Waals surface area contributed by atoms with Crippen molar-refractivity contribution in [3.8, 4) is 0 Å². The molecule has 1 heterocycles. The molecule has 0 aromatic carbocycles. The summed E-state index contributed by atoms with van der Waals surface area (Å²) in [6.07, 6.45) is 0. The maximum atomic E-state index is 10.4. The smallest absolute Gasteiger partial charge is 0.260 e. The number of rotatable bonds is 0. The van der Waals surface area contributed by atoms with E-state index in [1.807, 2.05) is 0 Å². The van der Waals surface area contributed by atoms with Crippen LogP contribution in [-0.2, 0) is 4.79 Å². The van der Waals surface area contributed by atoms with Gasteiger partial charge in [0, 0.05) is 0 Å². The molecule has 5 N–H and O–H groups in total. The molecule has 9 heavy (non-hydrogen) atoms. The first-order valence-corrected chi connectivity index (χ1v) is 2.39. The predicted octanol–water partition coefficient (Wildman–Crippen LogP) is -2.56. The van der Waals surface area contributed by atoms with Gasteiger partial charge in [0.05, 0.1) is 0 Å². The van der Waals surface area contributed by atoms with E-state index in [4.69, 9.17) is 5.84 Å². The van der Waals surface area contributed by atoms with Gasteiger partial charge in [-0.15, -0.1) is 0 Å². The topological polar surface area (TPSA) is 91.5 Å². The molecule has 0 aliphatic carbocycles. The number of aliphatic imine (C=N–C) groups is 1. The SMILES string of the molecule is NNC1=NCC(=O)NN1. The van der Waals surface area contributed by atoms with Crippen molar-refractivity contribution < 1.29 is 4.79 Å². The van der Waals surface area contributed by atoms with E-state index in [1.54, 1.807) is 0 Å². The van der Waals surface area contributed by atoms with Gasteiger partial charge < -0.3 is 0 Å². The van der Waals surface area contributed by atoms with Crippen LogP contribution in [0.2, 0.25) is 0 Å². The zero-order chi connectivity index (χ0) is 6.69. The molecule has 0 atom stereocenters. The highest BCUT2D eigenvalue weighted by atomic mass is 16.2. The number of carbonyl (C=O) groups is 1. The summed E-state index contributed by atoms with van der Waals surface area (Å²) in [6.45, 7) is 0.118. The van der Waals surface area contributed by atoms with Crippen molar-refractivity contribution in [1.82, 2.24) is 16.3 Å². The summed E-state index contributed by atoms with van der Waals surface area (Å²) in [6, 6.07) is 0. The number of guanidine groups is 1. The Morgan fingerprint density at radius 1 is 1.67 bits per heavy atom. The Morgan fingerprint density at radius 2 is 2.44 bits per heavy atom. The summed E-state index contributed by atoms with van der Waals surface area (Å²) in [5.74, 6) is 5.15. The zero-order valence-corrected chi connectivity index (χ0v) is 4.64. The zero-order valence-electron chi connectivity index (χ0n) is 4.64. The van der Waals surface area contributed by atoms with Crippen LogP contribution in [-0.4, -0.2) is 18.4 Å². The Bertz CT molecular complexity index is 152. The van der Waals surface area contributed by atoms with E-state index < -0.39 is 0 Å². The molecule has 0 unspecified atom stereocenters. The monoisotopic (exact) mass is 129 g/mol. The Morgan fingerprint density at radius 3 is 2.89 bits per heavy atom. The predicted molar refractivity (Wildman–Crippen MR) is 30.9 cm³/mol. The lowest BCUT2D eigenvalue weighted by Crippen LogP contribution is -2.54. The number of nitrogens with one attached hydrogen (secondary N) is 3. The van der Waals surface area contributed by atoms with Crippen LogP contribution < -0.4 is 22.1 Å². The van der Waals surface area contributed by atoms with Crippen molar-refractivity contribution in [3.05, 3.63) is 0 Å². The van der Waals surface area contributed by atoms with Crippen LogP contribution in [0.3, 0.4) is 0 Å². The highest BCUT2D eigenvalue weighted by Crippen LogP contribution is 1.75. The minimum absolute atomic E-state index is 0.118. The summed E-state index contributed by atoms with van der Waals surface area (Å²) in [7, 11) is 0. The molecule has 0 aromatic rings. The van der Waals surface area contributed by atoms with Gasteiger partial charge in [-0.2, -0.15) is 0 Å². The fourth-order valence-electron chi connectivity index (χ4n) is 0.441. The number of nitrogens with zero attached hydrogens (tertiary/aromatic N) is 1. The number of amides is 1. The largest absolute Gasteiger partial charge is 0.293 e. The molecule has 0 radical (unpaired) electrons. The van der Waals surface area contributed by atoms with E-state index in [1.165, 1.54) is 0 Å². The standard InChI is InChI=1S/C3H7N5O/c4-6-3-5-1-2(9)7-8-3/h1,4H2,(H,7,9)(H2,5,6,8). The highest BCUT2D eigenvalue weighted by Gasteiger charge is 2.06. The van der Waals surface area contributed by atoms with E-state index in [0.717, 1.165) is 0 Å². The average Bonchev–Trinajstić information content (AvgIpc) is 1.90. The fraction of sp³-hybridized carbons (Fsp3) is 0.333. The van der Waals surface area contributed by atoms with Gasteiger partial charge in [-0.1, -0.05) is 0 Å². The lowest BCUT2D eigenvalue weighted by molar-refractivity contribution is -0.120. The summed E-state index contributed by atoms with van der Waals surface area (Å²) in [5.41, 5.74) is 7.00. The molecule has 1 aliphatic heterocycles. The molecule has 6 heteroatoms. The second-order valence-electron chi connectivity index (χ2n) is 1.48.